The molecule has 4 N–H and O–H groups in total. The molecule has 0 radical (unpaired) electrons. The quantitative estimate of drug-likeness (QED) is 0.316. The zero-order chi connectivity index (χ0) is 7.71. The molecular weight excluding hydrogens is 237 g/mol. The van der Waals surface area contributed by atoms with Crippen molar-refractivity contribution in [2.75, 3.05) is 0 Å². The summed E-state index contributed by atoms with van der Waals surface area (Å²) in [7, 11) is -10.1. The van der Waals surface area contributed by atoms with E-state index in [1.54, 1.807) is 0 Å². The van der Waals surface area contributed by atoms with Crippen LogP contribution in [0.5, 0.6) is 0 Å². The molecule has 0 atom stereocenters. The molecule has 0 spiro atoms. The molecule has 0 rings (SSSR count). The number of rotatable bonds is 2. The average Bonchev–Trinajstić information content (AvgIpc) is 1.14. The molecule has 0 aliphatic heterocycles. The first-order valence-electron chi connectivity index (χ1n) is 1.53. The van der Waals surface area contributed by atoms with Crippen LogP contribution >= 0.6 is 15.6 Å². The van der Waals surface area contributed by atoms with Crippen LogP contribution in [0, 0.1) is 0 Å². The van der Waals surface area contributed by atoms with Gasteiger partial charge >= 0.3 is 82.9 Å². The fourth-order valence-corrected chi connectivity index (χ4v) is 1.25. The Hall–Kier alpha value is 2.52. The van der Waals surface area contributed by atoms with E-state index in [4.69, 9.17) is 19.6 Å². The Morgan fingerprint density at radius 1 is 0.909 bits per heavy atom. The molecule has 0 saturated carbocycles. The zero-order valence-corrected chi connectivity index (χ0v) is 5.70. The van der Waals surface area contributed by atoms with E-state index in [1.165, 1.54) is 0 Å². The van der Waals surface area contributed by atoms with Gasteiger partial charge in [-0.1, -0.05) is 0 Å². The summed E-state index contributed by atoms with van der Waals surface area (Å²) in [6, 6.07) is 0. The van der Waals surface area contributed by atoms with E-state index >= 15 is 0 Å². The van der Waals surface area contributed by atoms with Gasteiger partial charge in [0.1, 0.15) is 0 Å². The summed E-state index contributed by atoms with van der Waals surface area (Å²) in [5.74, 6) is 0. The Morgan fingerprint density at radius 3 is 1.09 bits per heavy atom. The van der Waals surface area contributed by atoms with Crippen LogP contribution in [-0.4, -0.2) is 86.9 Å². The van der Waals surface area contributed by atoms with Crippen molar-refractivity contribution in [3.8, 4) is 0 Å². The molecule has 7 nitrogen and oxygen atoms in total. The van der Waals surface area contributed by atoms with Crippen LogP contribution in [0.25, 0.3) is 0 Å². The second kappa shape index (κ2) is 6.90. The molecule has 0 saturated heterocycles. The van der Waals surface area contributed by atoms with Gasteiger partial charge in [0.05, 0.1) is 0 Å². The predicted octanol–water partition coefficient (Wildman–Crippen LogP) is -2.38. The average molecular weight is 244 g/mol. The van der Waals surface area contributed by atoms with E-state index < -0.39 is 15.6 Å². The first-order valence-corrected chi connectivity index (χ1v) is 4.59. The van der Waals surface area contributed by atoms with Crippen molar-refractivity contribution in [3.63, 3.8) is 0 Å². The van der Waals surface area contributed by atoms with Gasteiger partial charge in [-0.15, -0.1) is 0 Å². The fraction of sp³-hybridized carbons (Fsp3) is 0. The van der Waals surface area contributed by atoms with Crippen molar-refractivity contribution in [2.24, 2.45) is 0 Å². The molecule has 11 heteroatoms. The summed E-state index contributed by atoms with van der Waals surface area (Å²) in [4.78, 5) is 31.0. The summed E-state index contributed by atoms with van der Waals surface area (Å²) < 4.78 is 22.2. The van der Waals surface area contributed by atoms with Crippen molar-refractivity contribution in [3.05, 3.63) is 0 Å². The maximum atomic E-state index is 9.63. The van der Waals surface area contributed by atoms with Crippen LogP contribution in [0.15, 0.2) is 0 Å². The third-order valence-electron chi connectivity index (χ3n) is 0.213. The summed E-state index contributed by atoms with van der Waals surface area (Å²) in [5.41, 5.74) is 0. The standard InChI is InChI=1S/Ca.Na.H4O7P2.3H/c;;1-8(2,3)7-9(4,5)6;;;/h;;(H2,1,2,3)(H2,4,5,6);;;. The number of phosphoric acid groups is 2. The second-order valence-electron chi connectivity index (χ2n) is 1.06. The first-order chi connectivity index (χ1) is 3.71. The Kier molecular flexibility index (Phi) is 12.0. The second-order valence-corrected chi connectivity index (χ2v) is 3.68. The molecular formula is H7CaNaO7P2. The summed E-state index contributed by atoms with van der Waals surface area (Å²) in [6.07, 6.45) is 0. The van der Waals surface area contributed by atoms with Crippen molar-refractivity contribution in [1.29, 1.82) is 0 Å². The van der Waals surface area contributed by atoms with Crippen LogP contribution < -0.4 is 0 Å². The molecule has 0 aromatic carbocycles. The molecule has 0 aliphatic carbocycles. The molecule has 0 amide bonds. The van der Waals surface area contributed by atoms with Crippen LogP contribution in [0.4, 0.5) is 0 Å². The van der Waals surface area contributed by atoms with Gasteiger partial charge in [0, 0.05) is 0 Å². The van der Waals surface area contributed by atoms with E-state index in [0.717, 1.165) is 0 Å². The van der Waals surface area contributed by atoms with Crippen molar-refractivity contribution < 1.29 is 33.0 Å². The Labute approximate surface area is 114 Å². The van der Waals surface area contributed by atoms with E-state index in [9.17, 15) is 9.13 Å². The van der Waals surface area contributed by atoms with Crippen molar-refractivity contribution >= 4 is 82.9 Å². The van der Waals surface area contributed by atoms with E-state index in [2.05, 4.69) is 4.31 Å². The van der Waals surface area contributed by atoms with Gasteiger partial charge in [-0.3, -0.25) is 0 Å². The number of hydrogen-bond acceptors (Lipinski definition) is 3. The molecule has 62 valence electrons. The van der Waals surface area contributed by atoms with Gasteiger partial charge in [0.15, 0.2) is 0 Å². The maximum absolute atomic E-state index is 9.63. The fourth-order valence-electron chi connectivity index (χ4n) is 0.139. The third kappa shape index (κ3) is 19.1. The molecule has 11 heavy (non-hydrogen) atoms. The SMILES string of the molecule is O=P(O)(O)OP(=O)(O)O.[CaH2].[NaH]. The van der Waals surface area contributed by atoms with Gasteiger partial charge < -0.3 is 19.6 Å². The van der Waals surface area contributed by atoms with Gasteiger partial charge in [-0.25, -0.2) is 9.13 Å². The van der Waals surface area contributed by atoms with Gasteiger partial charge in [-0.2, -0.15) is 4.31 Å². The van der Waals surface area contributed by atoms with Crippen LogP contribution in [0.3, 0.4) is 0 Å². The summed E-state index contributed by atoms with van der Waals surface area (Å²) >= 11 is 0. The molecule has 0 aromatic heterocycles. The van der Waals surface area contributed by atoms with Gasteiger partial charge in [0.2, 0.25) is 0 Å². The normalized spacial score (nSPS) is 11.3. The Morgan fingerprint density at radius 2 is 1.09 bits per heavy atom. The van der Waals surface area contributed by atoms with Crippen molar-refractivity contribution in [2.45, 2.75) is 0 Å². The van der Waals surface area contributed by atoms with Gasteiger partial charge in [-0.05, 0) is 0 Å². The van der Waals surface area contributed by atoms with Crippen LogP contribution in [0.2, 0.25) is 0 Å². The van der Waals surface area contributed by atoms with Gasteiger partial charge in [0.25, 0.3) is 0 Å². The Balaban J connectivity index is -0.000000320. The molecule has 0 heterocycles. The molecule has 0 unspecified atom stereocenters. The predicted molar refractivity (Wildman–Crippen MR) is 40.9 cm³/mol. The van der Waals surface area contributed by atoms with E-state index in [0.29, 0.717) is 0 Å². The zero-order valence-electron chi connectivity index (χ0n) is 3.91. The number of hydrogen-bond donors (Lipinski definition) is 4. The minimum atomic E-state index is -5.05. The Bertz CT molecular complexity index is 157. The molecule has 0 fully saturated rings. The first kappa shape index (κ1) is 19.1. The van der Waals surface area contributed by atoms with Crippen LogP contribution in [-0.2, 0) is 13.4 Å². The summed E-state index contributed by atoms with van der Waals surface area (Å²) in [5, 5.41) is 0. The monoisotopic (exact) mass is 244 g/mol. The van der Waals surface area contributed by atoms with E-state index in [-0.39, 0.29) is 67.3 Å². The third-order valence-corrected chi connectivity index (χ3v) is 1.91. The summed E-state index contributed by atoms with van der Waals surface area (Å²) in [6.45, 7) is 0. The van der Waals surface area contributed by atoms with Crippen molar-refractivity contribution in [1.82, 2.24) is 0 Å². The molecule has 0 bridgehead atoms. The molecule has 0 aromatic rings. The molecule has 0 aliphatic rings. The minimum absolute atomic E-state index is 0. The van der Waals surface area contributed by atoms with E-state index in [1.807, 2.05) is 0 Å². The topological polar surface area (TPSA) is 124 Å². The van der Waals surface area contributed by atoms with Crippen LogP contribution in [0.1, 0.15) is 0 Å².